The second-order valence-corrected chi connectivity index (χ2v) is 8.60. The summed E-state index contributed by atoms with van der Waals surface area (Å²) in [7, 11) is -1.56. The molecule has 0 aromatic heterocycles. The van der Waals surface area contributed by atoms with E-state index < -0.39 is 23.0 Å². The van der Waals surface area contributed by atoms with Gasteiger partial charge in [-0.05, 0) is 55.3 Å². The van der Waals surface area contributed by atoms with Crippen LogP contribution < -0.4 is 4.72 Å². The monoisotopic (exact) mass is 453 g/mol. The number of halogens is 1. The number of carbonyl (C=O) groups excluding carboxylic acids is 1. The lowest BCUT2D eigenvalue weighted by atomic mass is 9.97. The highest BCUT2D eigenvalue weighted by Gasteiger charge is 2.26. The summed E-state index contributed by atoms with van der Waals surface area (Å²) in [4.78, 5) is 13.6. The van der Waals surface area contributed by atoms with E-state index in [1.165, 1.54) is 0 Å². The summed E-state index contributed by atoms with van der Waals surface area (Å²) in [5.74, 6) is -0.472. The molecule has 2 atom stereocenters. The SMILES string of the molecule is CCOC(=O)/C(=C/c1ccccc1)[C@@H](NS(=O)c1ccc(C)cc1)c1ccc(Cl)cc1. The molecule has 0 heterocycles. The Morgan fingerprint density at radius 1 is 1.03 bits per heavy atom. The Morgan fingerprint density at radius 3 is 2.29 bits per heavy atom. The van der Waals surface area contributed by atoms with E-state index in [0.29, 0.717) is 15.5 Å². The Labute approximate surface area is 190 Å². The lowest BCUT2D eigenvalue weighted by Crippen LogP contribution is -2.29. The van der Waals surface area contributed by atoms with Crippen LogP contribution in [0.2, 0.25) is 5.02 Å². The molecule has 1 N–H and O–H groups in total. The van der Waals surface area contributed by atoms with Crippen molar-refractivity contribution >= 4 is 34.6 Å². The van der Waals surface area contributed by atoms with Crippen LogP contribution in [0.5, 0.6) is 0 Å². The van der Waals surface area contributed by atoms with E-state index in [9.17, 15) is 9.00 Å². The Morgan fingerprint density at radius 2 is 1.68 bits per heavy atom. The molecule has 0 saturated heterocycles. The molecule has 6 heteroatoms. The second kappa shape index (κ2) is 11.0. The summed E-state index contributed by atoms with van der Waals surface area (Å²) in [5.41, 5.74) is 3.02. The number of hydrogen-bond donors (Lipinski definition) is 1. The predicted octanol–water partition coefficient (Wildman–Crippen LogP) is 5.65. The molecule has 0 aliphatic rings. The van der Waals surface area contributed by atoms with Crippen molar-refractivity contribution in [2.75, 3.05) is 6.61 Å². The normalized spacial score (nSPS) is 13.5. The standard InChI is InChI=1S/C25H24ClNO3S/c1-3-30-25(28)23(17-19-7-5-4-6-8-19)24(20-11-13-21(26)14-12-20)27-31(29)22-15-9-18(2)10-16-22/h4-17,24,27H,3H2,1-2H3/b23-17+/t24-,31?/m0/s1. The van der Waals surface area contributed by atoms with Crippen LogP contribution in [0.1, 0.15) is 29.7 Å². The number of carbonyl (C=O) groups is 1. The lowest BCUT2D eigenvalue weighted by Gasteiger charge is -2.21. The number of aryl methyl sites for hydroxylation is 1. The zero-order chi connectivity index (χ0) is 22.2. The van der Waals surface area contributed by atoms with Gasteiger partial charge in [-0.15, -0.1) is 0 Å². The number of nitrogens with one attached hydrogen (secondary N) is 1. The fourth-order valence-electron chi connectivity index (χ4n) is 3.01. The minimum Gasteiger partial charge on any atom is -0.463 e. The van der Waals surface area contributed by atoms with Gasteiger partial charge in [0.2, 0.25) is 0 Å². The first-order chi connectivity index (χ1) is 15.0. The quantitative estimate of drug-likeness (QED) is 0.354. The number of esters is 1. The largest absolute Gasteiger partial charge is 0.463 e. The van der Waals surface area contributed by atoms with Crippen molar-refractivity contribution < 1.29 is 13.7 Å². The van der Waals surface area contributed by atoms with E-state index in [1.807, 2.05) is 73.7 Å². The third kappa shape index (κ3) is 6.37. The minimum atomic E-state index is -1.56. The fraction of sp³-hybridized carbons (Fsp3) is 0.160. The number of ether oxygens (including phenoxy) is 1. The minimum absolute atomic E-state index is 0.235. The molecule has 0 aliphatic heterocycles. The van der Waals surface area contributed by atoms with E-state index >= 15 is 0 Å². The predicted molar refractivity (Wildman–Crippen MR) is 126 cm³/mol. The Balaban J connectivity index is 2.05. The smallest absolute Gasteiger partial charge is 0.336 e. The maximum Gasteiger partial charge on any atom is 0.336 e. The molecule has 3 aromatic carbocycles. The summed E-state index contributed by atoms with van der Waals surface area (Å²) in [6.45, 7) is 3.96. The summed E-state index contributed by atoms with van der Waals surface area (Å²) >= 11 is 6.07. The summed E-state index contributed by atoms with van der Waals surface area (Å²) in [6.07, 6.45) is 1.76. The van der Waals surface area contributed by atoms with Gasteiger partial charge in [-0.3, -0.25) is 0 Å². The van der Waals surface area contributed by atoms with Crippen LogP contribution in [0.3, 0.4) is 0 Å². The molecule has 31 heavy (non-hydrogen) atoms. The maximum absolute atomic E-state index is 13.1. The van der Waals surface area contributed by atoms with Crippen molar-refractivity contribution in [2.24, 2.45) is 0 Å². The van der Waals surface area contributed by atoms with E-state index in [1.54, 1.807) is 25.1 Å². The molecule has 160 valence electrons. The summed E-state index contributed by atoms with van der Waals surface area (Å²) < 4.78 is 21.6. The van der Waals surface area contributed by atoms with Crippen molar-refractivity contribution in [3.05, 3.63) is 106 Å². The Hall–Kier alpha value is -2.73. The van der Waals surface area contributed by atoms with Gasteiger partial charge >= 0.3 is 5.97 Å². The van der Waals surface area contributed by atoms with Crippen molar-refractivity contribution in [3.8, 4) is 0 Å². The van der Waals surface area contributed by atoms with Gasteiger partial charge in [0, 0.05) is 5.02 Å². The molecular formula is C25H24ClNO3S. The van der Waals surface area contributed by atoms with Gasteiger partial charge in [0.1, 0.15) is 11.0 Å². The van der Waals surface area contributed by atoms with Crippen LogP contribution in [0.15, 0.2) is 89.3 Å². The van der Waals surface area contributed by atoms with Gasteiger partial charge in [-0.25, -0.2) is 13.7 Å². The Bertz CT molecular complexity index is 1060. The summed E-state index contributed by atoms with van der Waals surface area (Å²) in [5, 5.41) is 0.576. The zero-order valence-corrected chi connectivity index (χ0v) is 19.0. The lowest BCUT2D eigenvalue weighted by molar-refractivity contribution is -0.138. The van der Waals surface area contributed by atoms with Gasteiger partial charge in [0.25, 0.3) is 0 Å². The molecule has 0 aliphatic carbocycles. The molecule has 4 nitrogen and oxygen atoms in total. The molecule has 3 aromatic rings. The highest BCUT2D eigenvalue weighted by atomic mass is 35.5. The molecule has 1 unspecified atom stereocenters. The van der Waals surface area contributed by atoms with Crippen molar-refractivity contribution in [1.29, 1.82) is 0 Å². The molecule has 0 amide bonds. The van der Waals surface area contributed by atoms with Crippen LogP contribution in [0.4, 0.5) is 0 Å². The van der Waals surface area contributed by atoms with Crippen molar-refractivity contribution in [3.63, 3.8) is 0 Å². The molecule has 3 rings (SSSR count). The summed E-state index contributed by atoms with van der Waals surface area (Å²) in [6, 6.07) is 23.3. The van der Waals surface area contributed by atoms with Gasteiger partial charge in [-0.1, -0.05) is 71.8 Å². The first kappa shape index (κ1) is 22.9. The fourth-order valence-corrected chi connectivity index (χ4v) is 4.13. The average molecular weight is 454 g/mol. The van der Waals surface area contributed by atoms with Crippen LogP contribution in [-0.4, -0.2) is 16.8 Å². The third-order valence-electron chi connectivity index (χ3n) is 4.61. The third-order valence-corrected chi connectivity index (χ3v) is 6.01. The van der Waals surface area contributed by atoms with Gasteiger partial charge in [0.05, 0.1) is 23.1 Å². The number of hydrogen-bond acceptors (Lipinski definition) is 3. The van der Waals surface area contributed by atoms with Crippen molar-refractivity contribution in [1.82, 2.24) is 4.72 Å². The van der Waals surface area contributed by atoms with Crippen LogP contribution in [0.25, 0.3) is 6.08 Å². The maximum atomic E-state index is 13.1. The zero-order valence-electron chi connectivity index (χ0n) is 17.4. The van der Waals surface area contributed by atoms with Crippen LogP contribution >= 0.6 is 11.6 Å². The molecule has 0 saturated carbocycles. The van der Waals surface area contributed by atoms with E-state index in [0.717, 1.165) is 16.7 Å². The highest BCUT2D eigenvalue weighted by molar-refractivity contribution is 7.83. The first-order valence-electron chi connectivity index (χ1n) is 9.91. The second-order valence-electron chi connectivity index (χ2n) is 6.92. The van der Waals surface area contributed by atoms with Crippen molar-refractivity contribution in [2.45, 2.75) is 24.8 Å². The van der Waals surface area contributed by atoms with E-state index in [4.69, 9.17) is 16.3 Å². The number of benzene rings is 3. The van der Waals surface area contributed by atoms with Crippen LogP contribution in [0, 0.1) is 6.92 Å². The average Bonchev–Trinajstić information content (AvgIpc) is 2.78. The van der Waals surface area contributed by atoms with Gasteiger partial charge in [-0.2, -0.15) is 0 Å². The highest BCUT2D eigenvalue weighted by Crippen LogP contribution is 2.28. The molecule has 0 radical (unpaired) electrons. The molecule has 0 fully saturated rings. The first-order valence-corrected chi connectivity index (χ1v) is 11.4. The Kier molecular flexibility index (Phi) is 8.18. The topological polar surface area (TPSA) is 55.4 Å². The van der Waals surface area contributed by atoms with E-state index in [-0.39, 0.29) is 6.61 Å². The van der Waals surface area contributed by atoms with Gasteiger partial charge < -0.3 is 4.74 Å². The molecule has 0 spiro atoms. The number of rotatable bonds is 8. The molecule has 0 bridgehead atoms. The van der Waals surface area contributed by atoms with Crippen LogP contribution in [-0.2, 0) is 20.5 Å². The van der Waals surface area contributed by atoms with E-state index in [2.05, 4.69) is 4.72 Å². The van der Waals surface area contributed by atoms with Gasteiger partial charge in [0.15, 0.2) is 0 Å². The molecular weight excluding hydrogens is 430 g/mol.